The first kappa shape index (κ1) is 13.1. The highest BCUT2D eigenvalue weighted by atomic mass is 79.9. The molecule has 18 heavy (non-hydrogen) atoms. The largest absolute Gasteiger partial charge is 0.325 e. The van der Waals surface area contributed by atoms with E-state index in [0.717, 1.165) is 15.7 Å². The summed E-state index contributed by atoms with van der Waals surface area (Å²) >= 11 is 3.42. The number of benzene rings is 1. The maximum absolute atomic E-state index is 12.1. The Balaban J connectivity index is 2.12. The van der Waals surface area contributed by atoms with Crippen molar-refractivity contribution in [1.82, 2.24) is 0 Å². The third-order valence-electron chi connectivity index (χ3n) is 3.46. The number of nitrogens with one attached hydrogen (secondary N) is 1. The average Bonchev–Trinajstić information content (AvgIpc) is 2.29. The van der Waals surface area contributed by atoms with E-state index in [9.17, 15) is 10.1 Å². The van der Waals surface area contributed by atoms with Gasteiger partial charge in [-0.05, 0) is 49.4 Å². The van der Waals surface area contributed by atoms with Gasteiger partial charge in [-0.25, -0.2) is 0 Å². The van der Waals surface area contributed by atoms with Crippen LogP contribution in [-0.4, -0.2) is 5.91 Å². The molecule has 0 spiro atoms. The number of carbonyl (C=O) groups is 1. The molecule has 0 saturated heterocycles. The minimum Gasteiger partial charge on any atom is -0.325 e. The highest BCUT2D eigenvalue weighted by Crippen LogP contribution is 2.45. The molecule has 1 fully saturated rings. The van der Waals surface area contributed by atoms with Crippen molar-refractivity contribution in [3.05, 3.63) is 28.2 Å². The maximum Gasteiger partial charge on any atom is 0.244 e. The zero-order chi connectivity index (χ0) is 13.3. The molecule has 0 unspecified atom stereocenters. The Morgan fingerprint density at radius 2 is 2.22 bits per heavy atom. The Morgan fingerprint density at radius 3 is 2.72 bits per heavy atom. The molecular formula is C14H15BrN2O. The number of carbonyl (C=O) groups excluding carboxylic acids is 1. The fourth-order valence-corrected chi connectivity index (χ4v) is 2.68. The normalized spacial score (nSPS) is 26.0. The van der Waals surface area contributed by atoms with E-state index in [4.69, 9.17) is 0 Å². The van der Waals surface area contributed by atoms with Crippen molar-refractivity contribution in [2.24, 2.45) is 11.3 Å². The Kier molecular flexibility index (Phi) is 3.45. The summed E-state index contributed by atoms with van der Waals surface area (Å²) < 4.78 is 1.01. The van der Waals surface area contributed by atoms with Crippen LogP contribution in [0.4, 0.5) is 5.69 Å². The van der Waals surface area contributed by atoms with Gasteiger partial charge in [-0.3, -0.25) is 4.79 Å². The van der Waals surface area contributed by atoms with E-state index in [-0.39, 0.29) is 5.91 Å². The third-order valence-corrected chi connectivity index (χ3v) is 4.35. The predicted octanol–water partition coefficient (Wildman–Crippen LogP) is 3.64. The Bertz CT molecular complexity index is 527. The second-order valence-electron chi connectivity index (χ2n) is 5.13. The quantitative estimate of drug-likeness (QED) is 0.907. The van der Waals surface area contributed by atoms with Crippen LogP contribution in [0.1, 0.15) is 25.3 Å². The molecule has 1 aromatic carbocycles. The second kappa shape index (κ2) is 4.74. The van der Waals surface area contributed by atoms with Crippen molar-refractivity contribution >= 4 is 27.5 Å². The van der Waals surface area contributed by atoms with Gasteiger partial charge in [-0.1, -0.05) is 22.9 Å². The molecule has 0 aromatic heterocycles. The summed E-state index contributed by atoms with van der Waals surface area (Å²) in [5.74, 6) is 0.284. The summed E-state index contributed by atoms with van der Waals surface area (Å²) in [6.45, 7) is 4.03. The molecule has 2 rings (SSSR count). The summed E-state index contributed by atoms with van der Waals surface area (Å²) in [4.78, 5) is 12.1. The zero-order valence-corrected chi connectivity index (χ0v) is 12.0. The van der Waals surface area contributed by atoms with Gasteiger partial charge in [0.2, 0.25) is 5.91 Å². The number of hydrogen-bond acceptors (Lipinski definition) is 2. The average molecular weight is 307 g/mol. The fourth-order valence-electron chi connectivity index (χ4n) is 2.43. The summed E-state index contributed by atoms with van der Waals surface area (Å²) in [6, 6.07) is 7.80. The lowest BCUT2D eigenvalue weighted by Gasteiger charge is -2.39. The second-order valence-corrected chi connectivity index (χ2v) is 5.98. The van der Waals surface area contributed by atoms with Gasteiger partial charge in [0.25, 0.3) is 0 Å². The first-order valence-electron chi connectivity index (χ1n) is 5.96. The van der Waals surface area contributed by atoms with E-state index in [0.29, 0.717) is 18.8 Å². The number of nitriles is 1. The fraction of sp³-hybridized carbons (Fsp3) is 0.429. The molecule has 0 heterocycles. The molecule has 1 aromatic rings. The van der Waals surface area contributed by atoms with Crippen LogP contribution in [0.3, 0.4) is 0 Å². The lowest BCUT2D eigenvalue weighted by Crippen LogP contribution is -2.45. The Labute approximate surface area is 115 Å². The van der Waals surface area contributed by atoms with Crippen LogP contribution in [0.2, 0.25) is 0 Å². The highest BCUT2D eigenvalue weighted by molar-refractivity contribution is 9.10. The van der Waals surface area contributed by atoms with Crippen LogP contribution in [0.5, 0.6) is 0 Å². The number of halogens is 1. The standard InChI is InChI=1S/C14H15BrN2O/c1-9-6-14(7-9,8-16)13(18)17-11-3-4-12(15)10(2)5-11/h3-5,9H,6-7H2,1-2H3,(H,17,18). The van der Waals surface area contributed by atoms with Crippen LogP contribution in [0.25, 0.3) is 0 Å². The summed E-state index contributed by atoms with van der Waals surface area (Å²) in [6.07, 6.45) is 1.32. The monoisotopic (exact) mass is 306 g/mol. The number of anilines is 1. The number of hydrogen-bond donors (Lipinski definition) is 1. The minimum atomic E-state index is -0.819. The molecular weight excluding hydrogens is 292 g/mol. The number of aryl methyl sites for hydroxylation is 1. The van der Waals surface area contributed by atoms with Crippen LogP contribution in [-0.2, 0) is 4.79 Å². The molecule has 1 aliphatic carbocycles. The summed E-state index contributed by atoms with van der Waals surface area (Å²) in [7, 11) is 0. The molecule has 4 heteroatoms. The van der Waals surface area contributed by atoms with Gasteiger partial charge in [-0.15, -0.1) is 0 Å². The van der Waals surface area contributed by atoms with E-state index < -0.39 is 5.41 Å². The molecule has 1 N–H and O–H groups in total. The molecule has 3 nitrogen and oxygen atoms in total. The Morgan fingerprint density at radius 1 is 1.56 bits per heavy atom. The van der Waals surface area contributed by atoms with Gasteiger partial charge in [0.1, 0.15) is 5.41 Å². The van der Waals surface area contributed by atoms with Crippen LogP contribution in [0.15, 0.2) is 22.7 Å². The van der Waals surface area contributed by atoms with Crippen molar-refractivity contribution in [1.29, 1.82) is 5.26 Å². The van der Waals surface area contributed by atoms with Crippen molar-refractivity contribution < 1.29 is 4.79 Å². The van der Waals surface area contributed by atoms with Gasteiger partial charge in [0, 0.05) is 10.2 Å². The first-order valence-corrected chi connectivity index (χ1v) is 6.75. The summed E-state index contributed by atoms with van der Waals surface area (Å²) in [5.41, 5.74) is 0.982. The molecule has 1 aliphatic rings. The smallest absolute Gasteiger partial charge is 0.244 e. The lowest BCUT2D eigenvalue weighted by molar-refractivity contribution is -0.128. The topological polar surface area (TPSA) is 52.9 Å². The molecule has 0 bridgehead atoms. The van der Waals surface area contributed by atoms with E-state index in [1.165, 1.54) is 0 Å². The lowest BCUT2D eigenvalue weighted by atomic mass is 9.63. The van der Waals surface area contributed by atoms with Gasteiger partial charge in [-0.2, -0.15) is 5.26 Å². The molecule has 1 amide bonds. The van der Waals surface area contributed by atoms with Gasteiger partial charge < -0.3 is 5.32 Å². The van der Waals surface area contributed by atoms with Crippen molar-refractivity contribution in [3.8, 4) is 6.07 Å². The third kappa shape index (κ3) is 2.28. The van der Waals surface area contributed by atoms with Crippen molar-refractivity contribution in [2.45, 2.75) is 26.7 Å². The van der Waals surface area contributed by atoms with Crippen LogP contribution in [0, 0.1) is 29.6 Å². The molecule has 0 aliphatic heterocycles. The van der Waals surface area contributed by atoms with E-state index in [1.807, 2.05) is 25.1 Å². The van der Waals surface area contributed by atoms with E-state index in [2.05, 4.69) is 34.2 Å². The summed E-state index contributed by atoms with van der Waals surface area (Å²) in [5, 5.41) is 12.0. The van der Waals surface area contributed by atoms with Crippen molar-refractivity contribution in [3.63, 3.8) is 0 Å². The predicted molar refractivity (Wildman–Crippen MR) is 74.0 cm³/mol. The molecule has 0 radical (unpaired) electrons. The number of nitrogens with zero attached hydrogens (tertiary/aromatic N) is 1. The first-order chi connectivity index (χ1) is 8.47. The highest BCUT2D eigenvalue weighted by Gasteiger charge is 2.48. The SMILES string of the molecule is Cc1cc(NC(=O)C2(C#N)CC(C)C2)ccc1Br. The maximum atomic E-state index is 12.1. The van der Waals surface area contributed by atoms with Crippen LogP contribution >= 0.6 is 15.9 Å². The van der Waals surface area contributed by atoms with Crippen molar-refractivity contribution in [2.75, 3.05) is 5.32 Å². The molecule has 94 valence electrons. The Hall–Kier alpha value is -1.34. The van der Waals surface area contributed by atoms with Gasteiger partial charge >= 0.3 is 0 Å². The van der Waals surface area contributed by atoms with Gasteiger partial charge in [0.15, 0.2) is 0 Å². The van der Waals surface area contributed by atoms with Crippen LogP contribution < -0.4 is 5.32 Å². The number of amides is 1. The zero-order valence-electron chi connectivity index (χ0n) is 10.5. The van der Waals surface area contributed by atoms with E-state index in [1.54, 1.807) is 0 Å². The van der Waals surface area contributed by atoms with E-state index >= 15 is 0 Å². The minimum absolute atomic E-state index is 0.176. The number of rotatable bonds is 2. The van der Waals surface area contributed by atoms with Gasteiger partial charge in [0.05, 0.1) is 6.07 Å². The molecule has 1 saturated carbocycles. The molecule has 0 atom stereocenters.